The van der Waals surface area contributed by atoms with E-state index < -0.39 is 0 Å². The predicted molar refractivity (Wildman–Crippen MR) is 97.3 cm³/mol. The zero-order chi connectivity index (χ0) is 18.4. The molecular weight excluding hydrogens is 332 g/mol. The summed E-state index contributed by atoms with van der Waals surface area (Å²) >= 11 is 0. The quantitative estimate of drug-likeness (QED) is 0.713. The van der Waals surface area contributed by atoms with Gasteiger partial charge in [0.1, 0.15) is 5.75 Å². The molecule has 0 radical (unpaired) electrons. The zero-order valence-electron chi connectivity index (χ0n) is 14.2. The van der Waals surface area contributed by atoms with Crippen molar-refractivity contribution >= 4 is 17.5 Å². The topological polar surface area (TPSA) is 80.6 Å². The number of carbonyl (C=O) groups is 2. The van der Waals surface area contributed by atoms with Gasteiger partial charge in [-0.25, -0.2) is 0 Å². The Bertz CT molecular complexity index is 886. The molecule has 3 rings (SSSR count). The summed E-state index contributed by atoms with van der Waals surface area (Å²) in [6.45, 7) is 0.361. The molecule has 0 aliphatic carbocycles. The van der Waals surface area contributed by atoms with Crippen LogP contribution in [-0.2, 0) is 6.54 Å². The smallest absolute Gasteiger partial charge is 0.291 e. The number of hydrogen-bond acceptors (Lipinski definition) is 4. The van der Waals surface area contributed by atoms with Crippen LogP contribution in [0.2, 0.25) is 0 Å². The number of amides is 2. The summed E-state index contributed by atoms with van der Waals surface area (Å²) in [7, 11) is 1.59. The molecule has 0 aliphatic rings. The number of methoxy groups -OCH3 is 1. The average molecular weight is 350 g/mol. The minimum absolute atomic E-state index is 0.209. The number of nitrogens with one attached hydrogen (secondary N) is 2. The van der Waals surface area contributed by atoms with Gasteiger partial charge in [-0.2, -0.15) is 0 Å². The Kier molecular flexibility index (Phi) is 5.34. The predicted octanol–water partition coefficient (Wildman–Crippen LogP) is 3.47. The summed E-state index contributed by atoms with van der Waals surface area (Å²) in [5.41, 5.74) is 1.97. The Hall–Kier alpha value is -3.54. The van der Waals surface area contributed by atoms with Gasteiger partial charge < -0.3 is 19.8 Å². The van der Waals surface area contributed by atoms with Gasteiger partial charge in [-0.05, 0) is 42.5 Å². The zero-order valence-corrected chi connectivity index (χ0v) is 14.2. The van der Waals surface area contributed by atoms with Crippen LogP contribution in [0.3, 0.4) is 0 Å². The molecule has 0 atom stereocenters. The molecule has 2 aromatic carbocycles. The van der Waals surface area contributed by atoms with E-state index in [9.17, 15) is 9.59 Å². The lowest BCUT2D eigenvalue weighted by molar-refractivity contribution is 0.0950. The number of para-hydroxylation sites is 1. The van der Waals surface area contributed by atoms with Crippen molar-refractivity contribution in [1.29, 1.82) is 0 Å². The van der Waals surface area contributed by atoms with E-state index in [1.807, 2.05) is 24.3 Å². The summed E-state index contributed by atoms with van der Waals surface area (Å²) in [4.78, 5) is 24.2. The monoisotopic (exact) mass is 350 g/mol. The van der Waals surface area contributed by atoms with E-state index in [2.05, 4.69) is 10.6 Å². The Balaban J connectivity index is 1.59. The van der Waals surface area contributed by atoms with Gasteiger partial charge in [0.2, 0.25) is 0 Å². The van der Waals surface area contributed by atoms with Crippen molar-refractivity contribution < 1.29 is 18.7 Å². The van der Waals surface area contributed by atoms with Crippen molar-refractivity contribution in [2.45, 2.75) is 6.54 Å². The normalized spacial score (nSPS) is 10.2. The third kappa shape index (κ3) is 4.10. The number of anilines is 1. The minimum Gasteiger partial charge on any atom is -0.496 e. The SMILES string of the molecule is COc1ccccc1CNC(=O)c1ccc(NC(=O)c2ccco2)cc1. The maximum Gasteiger partial charge on any atom is 0.291 e. The van der Waals surface area contributed by atoms with Crippen LogP contribution >= 0.6 is 0 Å². The minimum atomic E-state index is -0.344. The second kappa shape index (κ2) is 8.02. The fourth-order valence-electron chi connectivity index (χ4n) is 2.43. The van der Waals surface area contributed by atoms with E-state index in [1.54, 1.807) is 43.5 Å². The molecule has 3 aromatic rings. The van der Waals surface area contributed by atoms with Gasteiger partial charge in [-0.15, -0.1) is 0 Å². The van der Waals surface area contributed by atoms with Gasteiger partial charge in [0, 0.05) is 23.4 Å². The van der Waals surface area contributed by atoms with Gasteiger partial charge >= 0.3 is 0 Å². The van der Waals surface area contributed by atoms with Crippen LogP contribution in [0.15, 0.2) is 71.3 Å². The molecule has 0 spiro atoms. The van der Waals surface area contributed by atoms with Crippen LogP contribution in [-0.4, -0.2) is 18.9 Å². The number of hydrogen-bond donors (Lipinski definition) is 2. The first kappa shape index (κ1) is 17.3. The first-order valence-electron chi connectivity index (χ1n) is 8.02. The number of ether oxygens (including phenoxy) is 1. The van der Waals surface area contributed by atoms with Crippen LogP contribution in [0.5, 0.6) is 5.75 Å². The van der Waals surface area contributed by atoms with Gasteiger partial charge in [-0.1, -0.05) is 18.2 Å². The van der Waals surface area contributed by atoms with Crippen molar-refractivity contribution in [3.05, 3.63) is 83.8 Å². The summed E-state index contributed by atoms with van der Waals surface area (Å²) in [6, 6.07) is 17.4. The van der Waals surface area contributed by atoms with Crippen molar-refractivity contribution in [2.24, 2.45) is 0 Å². The first-order chi connectivity index (χ1) is 12.7. The molecule has 132 valence electrons. The van der Waals surface area contributed by atoms with Crippen molar-refractivity contribution in [3.8, 4) is 5.75 Å². The number of carbonyl (C=O) groups excluding carboxylic acids is 2. The molecule has 0 unspecified atom stereocenters. The highest BCUT2D eigenvalue weighted by Crippen LogP contribution is 2.17. The maximum absolute atomic E-state index is 12.3. The number of benzene rings is 2. The van der Waals surface area contributed by atoms with Crippen molar-refractivity contribution in [3.63, 3.8) is 0 Å². The molecule has 0 saturated heterocycles. The highest BCUT2D eigenvalue weighted by Gasteiger charge is 2.10. The van der Waals surface area contributed by atoms with Gasteiger partial charge in [0.15, 0.2) is 5.76 Å². The standard InChI is InChI=1S/C20H18N2O4/c1-25-17-6-3-2-5-15(17)13-21-19(23)14-8-10-16(11-9-14)22-20(24)18-7-4-12-26-18/h2-12H,13H2,1H3,(H,21,23)(H,22,24). The van der Waals surface area contributed by atoms with Crippen LogP contribution in [0.4, 0.5) is 5.69 Å². The molecule has 2 N–H and O–H groups in total. The summed E-state index contributed by atoms with van der Waals surface area (Å²) in [5.74, 6) is 0.399. The molecule has 0 fully saturated rings. The Morgan fingerprint density at radius 3 is 2.42 bits per heavy atom. The number of furan rings is 1. The molecule has 1 aromatic heterocycles. The molecule has 1 heterocycles. The van der Waals surface area contributed by atoms with E-state index in [1.165, 1.54) is 6.26 Å². The second-order valence-corrected chi connectivity index (χ2v) is 5.50. The molecule has 2 amide bonds. The fourth-order valence-corrected chi connectivity index (χ4v) is 2.43. The first-order valence-corrected chi connectivity index (χ1v) is 8.02. The molecule has 0 saturated carbocycles. The third-order valence-corrected chi connectivity index (χ3v) is 3.78. The lowest BCUT2D eigenvalue weighted by atomic mass is 10.1. The van der Waals surface area contributed by atoms with Gasteiger partial charge in [-0.3, -0.25) is 9.59 Å². The largest absolute Gasteiger partial charge is 0.496 e. The van der Waals surface area contributed by atoms with E-state index in [4.69, 9.17) is 9.15 Å². The van der Waals surface area contributed by atoms with Crippen molar-refractivity contribution in [2.75, 3.05) is 12.4 Å². The highest BCUT2D eigenvalue weighted by atomic mass is 16.5. The Labute approximate surface area is 150 Å². The second-order valence-electron chi connectivity index (χ2n) is 5.50. The lowest BCUT2D eigenvalue weighted by Crippen LogP contribution is -2.23. The average Bonchev–Trinajstić information content (AvgIpc) is 3.22. The van der Waals surface area contributed by atoms with Crippen molar-refractivity contribution in [1.82, 2.24) is 5.32 Å². The van der Waals surface area contributed by atoms with Crippen LogP contribution in [0.25, 0.3) is 0 Å². The lowest BCUT2D eigenvalue weighted by Gasteiger charge is -2.10. The van der Waals surface area contributed by atoms with E-state index in [-0.39, 0.29) is 17.6 Å². The van der Waals surface area contributed by atoms with Gasteiger partial charge in [0.25, 0.3) is 11.8 Å². The third-order valence-electron chi connectivity index (χ3n) is 3.78. The van der Waals surface area contributed by atoms with E-state index >= 15 is 0 Å². The molecule has 6 nitrogen and oxygen atoms in total. The summed E-state index contributed by atoms with van der Waals surface area (Å²) in [5, 5.41) is 5.55. The molecule has 6 heteroatoms. The fraction of sp³-hybridized carbons (Fsp3) is 0.100. The summed E-state index contributed by atoms with van der Waals surface area (Å²) in [6.07, 6.45) is 1.43. The van der Waals surface area contributed by atoms with Crippen LogP contribution in [0, 0.1) is 0 Å². The number of rotatable bonds is 6. The van der Waals surface area contributed by atoms with E-state index in [0.29, 0.717) is 17.8 Å². The molecule has 0 bridgehead atoms. The molecule has 26 heavy (non-hydrogen) atoms. The Morgan fingerprint density at radius 1 is 0.962 bits per heavy atom. The van der Waals surface area contributed by atoms with Crippen LogP contribution < -0.4 is 15.4 Å². The van der Waals surface area contributed by atoms with E-state index in [0.717, 1.165) is 11.3 Å². The Morgan fingerprint density at radius 2 is 1.73 bits per heavy atom. The maximum atomic E-state index is 12.3. The van der Waals surface area contributed by atoms with Gasteiger partial charge in [0.05, 0.1) is 13.4 Å². The summed E-state index contributed by atoms with van der Waals surface area (Å²) < 4.78 is 10.3. The molecule has 0 aliphatic heterocycles. The van der Waals surface area contributed by atoms with Crippen LogP contribution in [0.1, 0.15) is 26.5 Å². The highest BCUT2D eigenvalue weighted by molar-refractivity contribution is 6.02. The molecular formula is C20H18N2O4.